The molecule has 1 atom stereocenters. The van der Waals surface area contributed by atoms with Gasteiger partial charge in [-0.15, -0.1) is 10.2 Å². The van der Waals surface area contributed by atoms with E-state index in [1.165, 1.54) is 0 Å². The number of H-pyrrole nitrogens is 1. The maximum Gasteiger partial charge on any atom is 0.274 e. The third-order valence-electron chi connectivity index (χ3n) is 4.01. The first-order chi connectivity index (χ1) is 12.1. The Hall–Kier alpha value is -2.55. The number of aryl methyl sites for hydroxylation is 1. The van der Waals surface area contributed by atoms with E-state index < -0.39 is 0 Å². The van der Waals surface area contributed by atoms with Crippen molar-refractivity contribution in [1.29, 1.82) is 0 Å². The number of rotatable bonds is 5. The second-order valence-corrected chi connectivity index (χ2v) is 6.17. The molecule has 0 saturated carbocycles. The van der Waals surface area contributed by atoms with Crippen LogP contribution in [0.2, 0.25) is 0 Å². The molecule has 25 heavy (non-hydrogen) atoms. The number of ether oxygens (including phenoxy) is 1. The summed E-state index contributed by atoms with van der Waals surface area (Å²) in [6.07, 6.45) is 1.51. The fourth-order valence-corrected chi connectivity index (χ4v) is 2.63. The summed E-state index contributed by atoms with van der Waals surface area (Å²) in [5.74, 6) is 1.99. The van der Waals surface area contributed by atoms with Gasteiger partial charge in [0.05, 0.1) is 13.2 Å². The third kappa shape index (κ3) is 3.93. The number of aromatic amines is 1. The average Bonchev–Trinajstić information content (AvgIpc) is 3.10. The van der Waals surface area contributed by atoms with Crippen LogP contribution in [0.5, 0.6) is 0 Å². The monoisotopic (exact) mass is 345 g/mol. The highest BCUT2D eigenvalue weighted by molar-refractivity contribution is 5.92. The minimum Gasteiger partial charge on any atom is -0.366 e. The number of hydrogen-bond donors (Lipinski definition) is 1. The predicted octanol–water partition coefficient (Wildman–Crippen LogP) is 0.827. The van der Waals surface area contributed by atoms with E-state index in [1.54, 1.807) is 17.0 Å². The van der Waals surface area contributed by atoms with Gasteiger partial charge in [0.1, 0.15) is 11.9 Å². The van der Waals surface area contributed by atoms with Crippen LogP contribution in [-0.4, -0.2) is 70.0 Å². The number of hydrogen-bond acceptors (Lipinski definition) is 7. The quantitative estimate of drug-likeness (QED) is 0.856. The van der Waals surface area contributed by atoms with Crippen molar-refractivity contribution >= 4 is 11.7 Å². The zero-order valence-electron chi connectivity index (χ0n) is 14.8. The summed E-state index contributed by atoms with van der Waals surface area (Å²) >= 11 is 0. The van der Waals surface area contributed by atoms with E-state index in [0.717, 1.165) is 18.7 Å². The molecule has 3 heterocycles. The zero-order chi connectivity index (χ0) is 17.8. The van der Waals surface area contributed by atoms with Crippen LogP contribution >= 0.6 is 0 Å². The van der Waals surface area contributed by atoms with Gasteiger partial charge in [0, 0.05) is 27.1 Å². The van der Waals surface area contributed by atoms with Crippen LogP contribution in [0.4, 0.5) is 5.82 Å². The van der Waals surface area contributed by atoms with Crippen LogP contribution in [0.3, 0.4) is 0 Å². The van der Waals surface area contributed by atoms with Crippen LogP contribution < -0.4 is 4.90 Å². The summed E-state index contributed by atoms with van der Waals surface area (Å²) < 4.78 is 5.74. The maximum atomic E-state index is 12.7. The number of nitrogens with zero attached hydrogens (tertiary/aromatic N) is 6. The number of carbonyl (C=O) groups excluding carboxylic acids is 1. The smallest absolute Gasteiger partial charge is 0.274 e. The number of carbonyl (C=O) groups is 1. The van der Waals surface area contributed by atoms with E-state index in [-0.39, 0.29) is 12.0 Å². The van der Waals surface area contributed by atoms with Gasteiger partial charge < -0.3 is 14.5 Å². The Morgan fingerprint density at radius 3 is 2.92 bits per heavy atom. The fourth-order valence-electron chi connectivity index (χ4n) is 2.63. The first-order valence-electron chi connectivity index (χ1n) is 8.41. The second-order valence-electron chi connectivity index (χ2n) is 6.17. The highest BCUT2D eigenvalue weighted by Gasteiger charge is 2.29. The molecule has 0 aliphatic carbocycles. The Bertz CT molecular complexity index is 714. The van der Waals surface area contributed by atoms with E-state index in [2.05, 4.69) is 32.3 Å². The van der Waals surface area contributed by atoms with Crippen molar-refractivity contribution in [3.05, 3.63) is 29.5 Å². The molecule has 1 saturated heterocycles. The largest absolute Gasteiger partial charge is 0.366 e. The number of aromatic nitrogens is 5. The summed E-state index contributed by atoms with van der Waals surface area (Å²) in [5.41, 5.74) is 0.327. The van der Waals surface area contributed by atoms with Crippen molar-refractivity contribution in [2.45, 2.75) is 25.9 Å². The van der Waals surface area contributed by atoms with Gasteiger partial charge in [0.2, 0.25) is 0 Å². The summed E-state index contributed by atoms with van der Waals surface area (Å²) in [7, 11) is 3.75. The van der Waals surface area contributed by atoms with Gasteiger partial charge >= 0.3 is 0 Å². The van der Waals surface area contributed by atoms with Crippen LogP contribution in [0, 0.1) is 0 Å². The van der Waals surface area contributed by atoms with Gasteiger partial charge in [0.15, 0.2) is 17.3 Å². The van der Waals surface area contributed by atoms with Crippen LogP contribution in [-0.2, 0) is 11.2 Å². The lowest BCUT2D eigenvalue weighted by atomic mass is 10.2. The SMILES string of the molecule is CCCc1nc(C2CN(C(=O)c3ccc(N(C)C)nn3)CCO2)n[nH]1. The maximum absolute atomic E-state index is 12.7. The molecule has 0 radical (unpaired) electrons. The number of morpholine rings is 1. The highest BCUT2D eigenvalue weighted by Crippen LogP contribution is 2.20. The van der Waals surface area contributed by atoms with Crippen molar-refractivity contribution in [2.24, 2.45) is 0 Å². The Morgan fingerprint density at radius 1 is 1.40 bits per heavy atom. The lowest BCUT2D eigenvalue weighted by Crippen LogP contribution is -2.43. The molecule has 0 aromatic carbocycles. The third-order valence-corrected chi connectivity index (χ3v) is 4.01. The van der Waals surface area contributed by atoms with Gasteiger partial charge in [-0.1, -0.05) is 6.92 Å². The highest BCUT2D eigenvalue weighted by atomic mass is 16.5. The average molecular weight is 345 g/mol. The lowest BCUT2D eigenvalue weighted by molar-refractivity contribution is -0.0269. The van der Waals surface area contributed by atoms with E-state index in [4.69, 9.17) is 4.74 Å². The molecule has 0 spiro atoms. The van der Waals surface area contributed by atoms with Crippen LogP contribution in [0.25, 0.3) is 0 Å². The molecule has 0 bridgehead atoms. The summed E-state index contributed by atoms with van der Waals surface area (Å²) in [6, 6.07) is 3.48. The molecule has 9 nitrogen and oxygen atoms in total. The lowest BCUT2D eigenvalue weighted by Gasteiger charge is -2.31. The summed E-state index contributed by atoms with van der Waals surface area (Å²) in [6.45, 7) is 3.44. The number of amides is 1. The predicted molar refractivity (Wildman–Crippen MR) is 91.3 cm³/mol. The molecule has 9 heteroatoms. The Balaban J connectivity index is 1.68. The Morgan fingerprint density at radius 2 is 2.24 bits per heavy atom. The zero-order valence-corrected chi connectivity index (χ0v) is 14.8. The topological polar surface area (TPSA) is 100 Å². The van der Waals surface area contributed by atoms with Crippen molar-refractivity contribution < 1.29 is 9.53 Å². The van der Waals surface area contributed by atoms with Gasteiger partial charge in [-0.25, -0.2) is 4.98 Å². The minimum atomic E-state index is -0.325. The molecule has 3 rings (SSSR count). The summed E-state index contributed by atoms with van der Waals surface area (Å²) in [5, 5.41) is 15.3. The van der Waals surface area contributed by atoms with Crippen LogP contribution in [0.15, 0.2) is 12.1 Å². The second kappa shape index (κ2) is 7.56. The van der Waals surface area contributed by atoms with E-state index in [1.807, 2.05) is 19.0 Å². The van der Waals surface area contributed by atoms with E-state index in [0.29, 0.717) is 37.0 Å². The molecule has 2 aromatic rings. The summed E-state index contributed by atoms with van der Waals surface area (Å²) in [4.78, 5) is 20.7. The Labute approximate surface area is 146 Å². The molecule has 134 valence electrons. The number of nitrogens with one attached hydrogen (secondary N) is 1. The van der Waals surface area contributed by atoms with Crippen molar-refractivity contribution in [1.82, 2.24) is 30.3 Å². The number of anilines is 1. The van der Waals surface area contributed by atoms with E-state index in [9.17, 15) is 4.79 Å². The van der Waals surface area contributed by atoms with Crippen molar-refractivity contribution in [3.63, 3.8) is 0 Å². The van der Waals surface area contributed by atoms with Crippen molar-refractivity contribution in [2.75, 3.05) is 38.7 Å². The molecular formula is C16H23N7O2. The first kappa shape index (κ1) is 17.3. The molecule has 1 aliphatic rings. The van der Waals surface area contributed by atoms with Gasteiger partial charge in [-0.2, -0.15) is 5.10 Å². The fraction of sp³-hybridized carbons (Fsp3) is 0.562. The molecule has 1 amide bonds. The molecule has 1 N–H and O–H groups in total. The molecule has 1 aliphatic heterocycles. The van der Waals surface area contributed by atoms with E-state index >= 15 is 0 Å². The van der Waals surface area contributed by atoms with Gasteiger partial charge in [-0.05, 0) is 18.6 Å². The molecular weight excluding hydrogens is 322 g/mol. The van der Waals surface area contributed by atoms with Crippen LogP contribution in [0.1, 0.15) is 41.6 Å². The first-order valence-corrected chi connectivity index (χ1v) is 8.41. The molecule has 1 unspecified atom stereocenters. The minimum absolute atomic E-state index is 0.157. The molecule has 1 fully saturated rings. The van der Waals surface area contributed by atoms with Gasteiger partial charge in [-0.3, -0.25) is 9.89 Å². The standard InChI is InChI=1S/C16H23N7O2/c1-4-5-13-17-15(21-19-13)12-10-23(8-9-25-12)16(24)11-6-7-14(20-18-11)22(2)3/h6-7,12H,4-5,8-10H2,1-3H3,(H,17,19,21). The molecule has 2 aromatic heterocycles. The Kier molecular flexibility index (Phi) is 5.22. The van der Waals surface area contributed by atoms with Crippen molar-refractivity contribution in [3.8, 4) is 0 Å². The van der Waals surface area contributed by atoms with Gasteiger partial charge in [0.25, 0.3) is 5.91 Å². The normalized spacial score (nSPS) is 17.6.